The SMILES string of the molecule is CC(C)(C)OC(=O)CN1Cc2ccnc(Br)c2C1=O. The number of amides is 1. The first-order valence-electron chi connectivity index (χ1n) is 5.92. The molecule has 2 rings (SSSR count). The maximum atomic E-state index is 12.2. The largest absolute Gasteiger partial charge is 0.459 e. The van der Waals surface area contributed by atoms with E-state index in [1.807, 2.05) is 0 Å². The topological polar surface area (TPSA) is 59.5 Å². The second-order valence-corrected chi connectivity index (χ2v) is 6.13. The third kappa shape index (κ3) is 3.12. The van der Waals surface area contributed by atoms with E-state index < -0.39 is 11.6 Å². The molecule has 1 amide bonds. The van der Waals surface area contributed by atoms with E-state index in [-0.39, 0.29) is 12.5 Å². The van der Waals surface area contributed by atoms with Gasteiger partial charge in [-0.1, -0.05) is 0 Å². The fourth-order valence-electron chi connectivity index (χ4n) is 1.92. The Labute approximate surface area is 120 Å². The summed E-state index contributed by atoms with van der Waals surface area (Å²) >= 11 is 3.26. The zero-order valence-corrected chi connectivity index (χ0v) is 12.7. The molecule has 0 saturated heterocycles. The van der Waals surface area contributed by atoms with Crippen LogP contribution >= 0.6 is 15.9 Å². The molecule has 0 aliphatic carbocycles. The highest BCUT2D eigenvalue weighted by atomic mass is 79.9. The van der Waals surface area contributed by atoms with Gasteiger partial charge in [0.2, 0.25) is 0 Å². The molecule has 0 N–H and O–H groups in total. The molecule has 0 aromatic carbocycles. The summed E-state index contributed by atoms with van der Waals surface area (Å²) < 4.78 is 5.73. The quantitative estimate of drug-likeness (QED) is 0.617. The van der Waals surface area contributed by atoms with Crippen LogP contribution in [0, 0.1) is 0 Å². The number of esters is 1. The smallest absolute Gasteiger partial charge is 0.326 e. The molecule has 0 bridgehead atoms. The van der Waals surface area contributed by atoms with Gasteiger partial charge in [0.15, 0.2) is 0 Å². The van der Waals surface area contributed by atoms with E-state index in [4.69, 9.17) is 4.74 Å². The molecule has 0 unspecified atom stereocenters. The molecule has 0 radical (unpaired) electrons. The van der Waals surface area contributed by atoms with Crippen molar-refractivity contribution in [2.45, 2.75) is 32.9 Å². The Morgan fingerprint density at radius 2 is 2.21 bits per heavy atom. The molecule has 6 heteroatoms. The van der Waals surface area contributed by atoms with Gasteiger partial charge in [0.25, 0.3) is 5.91 Å². The highest BCUT2D eigenvalue weighted by Crippen LogP contribution is 2.27. The number of ether oxygens (including phenoxy) is 1. The number of hydrogen-bond donors (Lipinski definition) is 0. The van der Waals surface area contributed by atoms with Crippen LogP contribution in [0.5, 0.6) is 0 Å². The lowest BCUT2D eigenvalue weighted by Crippen LogP contribution is -2.35. The molecule has 0 atom stereocenters. The summed E-state index contributed by atoms with van der Waals surface area (Å²) in [7, 11) is 0. The van der Waals surface area contributed by atoms with Crippen LogP contribution in [0.1, 0.15) is 36.7 Å². The van der Waals surface area contributed by atoms with Crippen LogP contribution in [0.4, 0.5) is 0 Å². The fraction of sp³-hybridized carbons (Fsp3) is 0.462. The molecule has 5 nitrogen and oxygen atoms in total. The summed E-state index contributed by atoms with van der Waals surface area (Å²) in [4.78, 5) is 29.4. The molecule has 1 aliphatic heterocycles. The van der Waals surface area contributed by atoms with Crippen LogP contribution in [-0.4, -0.2) is 33.9 Å². The average Bonchev–Trinajstić information content (AvgIpc) is 2.54. The van der Waals surface area contributed by atoms with Gasteiger partial charge in [-0.2, -0.15) is 0 Å². The molecule has 2 heterocycles. The van der Waals surface area contributed by atoms with Crippen molar-refractivity contribution in [1.29, 1.82) is 0 Å². The zero-order chi connectivity index (χ0) is 14.2. The van der Waals surface area contributed by atoms with Crippen molar-refractivity contribution in [3.63, 3.8) is 0 Å². The number of aromatic nitrogens is 1. The van der Waals surface area contributed by atoms with Gasteiger partial charge in [0.05, 0.1) is 5.56 Å². The first-order chi connectivity index (χ1) is 8.78. The lowest BCUT2D eigenvalue weighted by molar-refractivity contribution is -0.155. The summed E-state index contributed by atoms with van der Waals surface area (Å²) in [5, 5.41) is 0. The third-order valence-electron chi connectivity index (χ3n) is 2.59. The van der Waals surface area contributed by atoms with Gasteiger partial charge < -0.3 is 9.64 Å². The van der Waals surface area contributed by atoms with Crippen LogP contribution in [0.2, 0.25) is 0 Å². The van der Waals surface area contributed by atoms with E-state index in [1.54, 1.807) is 33.0 Å². The molecule has 19 heavy (non-hydrogen) atoms. The third-order valence-corrected chi connectivity index (χ3v) is 3.19. The van der Waals surface area contributed by atoms with Crippen LogP contribution in [0.25, 0.3) is 0 Å². The van der Waals surface area contributed by atoms with Crippen molar-refractivity contribution < 1.29 is 14.3 Å². The van der Waals surface area contributed by atoms with Crippen LogP contribution < -0.4 is 0 Å². The van der Waals surface area contributed by atoms with Gasteiger partial charge in [-0.3, -0.25) is 9.59 Å². The Kier molecular flexibility index (Phi) is 3.62. The summed E-state index contributed by atoms with van der Waals surface area (Å²) in [5.74, 6) is -0.599. The molecular formula is C13H15BrN2O3. The predicted molar refractivity (Wildman–Crippen MR) is 72.5 cm³/mol. The Bertz CT molecular complexity index is 537. The highest BCUT2D eigenvalue weighted by molar-refractivity contribution is 9.10. The second-order valence-electron chi connectivity index (χ2n) is 5.38. The summed E-state index contributed by atoms with van der Waals surface area (Å²) in [5.41, 5.74) is 0.857. The van der Waals surface area contributed by atoms with Crippen LogP contribution in [-0.2, 0) is 16.1 Å². The molecule has 1 aliphatic rings. The van der Waals surface area contributed by atoms with Crippen molar-refractivity contribution in [2.75, 3.05) is 6.54 Å². The lowest BCUT2D eigenvalue weighted by Gasteiger charge is -2.22. The van der Waals surface area contributed by atoms with Gasteiger partial charge in [-0.05, 0) is 48.3 Å². The summed E-state index contributed by atoms with van der Waals surface area (Å²) in [6, 6.07) is 1.78. The minimum absolute atomic E-state index is 0.0444. The maximum absolute atomic E-state index is 12.2. The molecule has 0 spiro atoms. The van der Waals surface area contributed by atoms with Crippen molar-refractivity contribution >= 4 is 27.8 Å². The zero-order valence-electron chi connectivity index (χ0n) is 11.1. The Hall–Kier alpha value is -1.43. The molecule has 0 saturated carbocycles. The van der Waals surface area contributed by atoms with Crippen molar-refractivity contribution in [2.24, 2.45) is 0 Å². The number of halogens is 1. The molecule has 102 valence electrons. The van der Waals surface area contributed by atoms with E-state index in [1.165, 1.54) is 4.90 Å². The van der Waals surface area contributed by atoms with Gasteiger partial charge in [0, 0.05) is 12.7 Å². The molecule has 1 aromatic heterocycles. The van der Waals surface area contributed by atoms with E-state index >= 15 is 0 Å². The number of nitrogens with zero attached hydrogens (tertiary/aromatic N) is 2. The van der Waals surface area contributed by atoms with E-state index in [0.717, 1.165) is 5.56 Å². The standard InChI is InChI=1S/C13H15BrN2O3/c1-13(2,3)19-9(17)7-16-6-8-4-5-15-11(14)10(8)12(16)18/h4-5H,6-7H2,1-3H3. The Morgan fingerprint density at radius 1 is 1.53 bits per heavy atom. The van der Waals surface area contributed by atoms with Crippen molar-refractivity contribution in [3.05, 3.63) is 28.0 Å². The number of fused-ring (bicyclic) bond motifs is 1. The Morgan fingerprint density at radius 3 is 2.79 bits per heavy atom. The van der Waals surface area contributed by atoms with Gasteiger partial charge in [-0.15, -0.1) is 0 Å². The van der Waals surface area contributed by atoms with E-state index in [2.05, 4.69) is 20.9 Å². The van der Waals surface area contributed by atoms with Crippen LogP contribution in [0.15, 0.2) is 16.9 Å². The molecular weight excluding hydrogens is 312 g/mol. The lowest BCUT2D eigenvalue weighted by atomic mass is 10.2. The molecule has 1 aromatic rings. The number of pyridine rings is 1. The number of carbonyl (C=O) groups is 2. The predicted octanol–water partition coefficient (Wildman–Crippen LogP) is 2.14. The first-order valence-corrected chi connectivity index (χ1v) is 6.72. The minimum atomic E-state index is -0.547. The summed E-state index contributed by atoms with van der Waals surface area (Å²) in [6.07, 6.45) is 1.63. The van der Waals surface area contributed by atoms with Gasteiger partial charge in [0.1, 0.15) is 16.7 Å². The van der Waals surface area contributed by atoms with Crippen molar-refractivity contribution in [3.8, 4) is 0 Å². The monoisotopic (exact) mass is 326 g/mol. The first kappa shape index (κ1) is 14.0. The normalized spacial score (nSPS) is 14.5. The average molecular weight is 327 g/mol. The van der Waals surface area contributed by atoms with E-state index in [0.29, 0.717) is 16.7 Å². The fourth-order valence-corrected chi connectivity index (χ4v) is 2.47. The minimum Gasteiger partial charge on any atom is -0.459 e. The van der Waals surface area contributed by atoms with Gasteiger partial charge >= 0.3 is 5.97 Å². The molecule has 0 fully saturated rings. The Balaban J connectivity index is 2.09. The van der Waals surface area contributed by atoms with Crippen molar-refractivity contribution in [1.82, 2.24) is 9.88 Å². The highest BCUT2D eigenvalue weighted by Gasteiger charge is 2.32. The number of carbonyl (C=O) groups excluding carboxylic acids is 2. The second kappa shape index (κ2) is 4.92. The van der Waals surface area contributed by atoms with E-state index in [9.17, 15) is 9.59 Å². The maximum Gasteiger partial charge on any atom is 0.326 e. The van der Waals surface area contributed by atoms with Crippen LogP contribution in [0.3, 0.4) is 0 Å². The van der Waals surface area contributed by atoms with Gasteiger partial charge in [-0.25, -0.2) is 4.98 Å². The number of hydrogen-bond acceptors (Lipinski definition) is 4. The number of rotatable bonds is 2. The summed E-state index contributed by atoms with van der Waals surface area (Å²) in [6.45, 7) is 5.76.